The monoisotopic (exact) mass is 438 g/mol. The van der Waals surface area contributed by atoms with Crippen LogP contribution in [0.2, 0.25) is 0 Å². The van der Waals surface area contributed by atoms with Gasteiger partial charge >= 0.3 is 6.18 Å². The average Bonchev–Trinajstić information content (AvgIpc) is 3.36. The number of hydrogen-bond acceptors (Lipinski definition) is 7. The van der Waals surface area contributed by atoms with Crippen molar-refractivity contribution in [1.82, 2.24) is 19.6 Å². The van der Waals surface area contributed by atoms with E-state index in [0.717, 1.165) is 30.9 Å². The molecule has 1 aliphatic carbocycles. The van der Waals surface area contributed by atoms with E-state index in [9.17, 15) is 13.2 Å². The summed E-state index contributed by atoms with van der Waals surface area (Å²) >= 11 is 1.71. The van der Waals surface area contributed by atoms with Gasteiger partial charge in [-0.25, -0.2) is 9.50 Å². The van der Waals surface area contributed by atoms with Gasteiger partial charge in [0.1, 0.15) is 5.00 Å². The van der Waals surface area contributed by atoms with E-state index >= 15 is 0 Å². The van der Waals surface area contributed by atoms with Crippen molar-refractivity contribution < 1.29 is 17.9 Å². The summed E-state index contributed by atoms with van der Waals surface area (Å²) in [4.78, 5) is 11.2. The number of thiazole rings is 1. The Bertz CT molecular complexity index is 1040. The number of hydrogen-bond donors (Lipinski definition) is 1. The van der Waals surface area contributed by atoms with Crippen molar-refractivity contribution >= 4 is 27.9 Å². The SMILES string of the molecule is Cc1ncc(N2C[C@H]3CC[C@@H](C2)[C@@H]3Nc2nc3c(OCC(F)(F)F)cccn3n2)s1. The summed E-state index contributed by atoms with van der Waals surface area (Å²) < 4.78 is 43.9. The van der Waals surface area contributed by atoms with Gasteiger partial charge in [0.15, 0.2) is 18.0 Å². The van der Waals surface area contributed by atoms with E-state index in [4.69, 9.17) is 4.74 Å². The molecule has 3 aromatic rings. The third kappa shape index (κ3) is 3.78. The highest BCUT2D eigenvalue weighted by Gasteiger charge is 2.43. The predicted octanol–water partition coefficient (Wildman–Crippen LogP) is 3.76. The second-order valence-electron chi connectivity index (χ2n) is 7.87. The van der Waals surface area contributed by atoms with E-state index in [1.54, 1.807) is 23.6 Å². The number of fused-ring (bicyclic) bond motifs is 3. The van der Waals surface area contributed by atoms with Crippen LogP contribution in [0.1, 0.15) is 17.8 Å². The maximum absolute atomic E-state index is 12.5. The number of piperidine rings is 1. The first-order chi connectivity index (χ1) is 14.4. The molecule has 0 aromatic carbocycles. The molecule has 11 heteroatoms. The van der Waals surface area contributed by atoms with Gasteiger partial charge in [0.2, 0.25) is 5.95 Å². The lowest BCUT2D eigenvalue weighted by atomic mass is 9.92. The number of nitrogens with one attached hydrogen (secondary N) is 1. The Kier molecular flexibility index (Phi) is 4.72. The first-order valence-electron chi connectivity index (χ1n) is 9.84. The van der Waals surface area contributed by atoms with Gasteiger partial charge in [-0.1, -0.05) is 0 Å². The number of rotatable bonds is 5. The number of nitrogens with zero attached hydrogens (tertiary/aromatic N) is 5. The summed E-state index contributed by atoms with van der Waals surface area (Å²) in [5.41, 5.74) is 0.272. The lowest BCUT2D eigenvalue weighted by Crippen LogP contribution is -2.48. The Labute approximate surface area is 174 Å². The molecule has 4 heterocycles. The highest BCUT2D eigenvalue weighted by atomic mass is 32.1. The molecule has 2 bridgehead atoms. The molecule has 1 aliphatic heterocycles. The van der Waals surface area contributed by atoms with Crippen molar-refractivity contribution in [2.75, 3.05) is 29.9 Å². The molecule has 0 spiro atoms. The Morgan fingerprint density at radius 2 is 2.03 bits per heavy atom. The second-order valence-corrected chi connectivity index (χ2v) is 9.08. The van der Waals surface area contributed by atoms with Gasteiger partial charge in [0.25, 0.3) is 0 Å². The number of alkyl halides is 3. The van der Waals surface area contributed by atoms with Gasteiger partial charge in [0.05, 0.1) is 11.2 Å². The van der Waals surface area contributed by atoms with Crippen molar-refractivity contribution in [3.05, 3.63) is 29.5 Å². The summed E-state index contributed by atoms with van der Waals surface area (Å²) in [7, 11) is 0. The van der Waals surface area contributed by atoms with Crippen LogP contribution < -0.4 is 15.0 Å². The molecule has 2 aliphatic rings. The van der Waals surface area contributed by atoms with Gasteiger partial charge in [-0.2, -0.15) is 18.2 Å². The van der Waals surface area contributed by atoms with E-state index in [0.29, 0.717) is 17.8 Å². The number of anilines is 2. The van der Waals surface area contributed by atoms with Gasteiger partial charge in [0, 0.05) is 25.3 Å². The van der Waals surface area contributed by atoms with Gasteiger partial charge in [-0.3, -0.25) is 0 Å². The van der Waals surface area contributed by atoms with E-state index < -0.39 is 12.8 Å². The minimum absolute atomic E-state index is 0.0636. The molecule has 0 unspecified atom stereocenters. The highest BCUT2D eigenvalue weighted by Crippen LogP contribution is 2.41. The number of halogens is 3. The molecule has 1 saturated carbocycles. The zero-order chi connectivity index (χ0) is 20.9. The smallest absolute Gasteiger partial charge is 0.422 e. The summed E-state index contributed by atoms with van der Waals surface area (Å²) in [6.07, 6.45) is 1.45. The molecule has 1 saturated heterocycles. The fraction of sp³-hybridized carbons (Fsp3) is 0.526. The zero-order valence-corrected chi connectivity index (χ0v) is 17.1. The Hall–Kier alpha value is -2.56. The van der Waals surface area contributed by atoms with E-state index in [1.807, 2.05) is 13.1 Å². The summed E-state index contributed by atoms with van der Waals surface area (Å²) in [6, 6.07) is 3.31. The standard InChI is InChI=1S/C19H21F3N6OS/c1-11-23-7-15(30-11)27-8-12-4-5-13(9-27)16(12)24-18-25-17-14(29-10-19(20,21)22)3-2-6-28(17)26-18/h2-3,6-7,12-13,16H,4-5,8-10H2,1H3,(H,24,26)/t12-,13+,16-. The number of pyridine rings is 1. The molecule has 30 heavy (non-hydrogen) atoms. The fourth-order valence-electron chi connectivity index (χ4n) is 4.50. The minimum atomic E-state index is -4.41. The summed E-state index contributed by atoms with van der Waals surface area (Å²) in [5, 5.41) is 10.1. The van der Waals surface area contributed by atoms with E-state index in [1.165, 1.54) is 15.6 Å². The number of aromatic nitrogens is 4. The largest absolute Gasteiger partial charge is 0.480 e. The lowest BCUT2D eigenvalue weighted by Gasteiger charge is -2.38. The van der Waals surface area contributed by atoms with E-state index in [-0.39, 0.29) is 17.4 Å². The Morgan fingerprint density at radius 1 is 1.27 bits per heavy atom. The summed E-state index contributed by atoms with van der Waals surface area (Å²) in [5.74, 6) is 1.40. The molecular weight excluding hydrogens is 417 g/mol. The van der Waals surface area contributed by atoms with Crippen LogP contribution in [0.5, 0.6) is 5.75 Å². The van der Waals surface area contributed by atoms with Crippen molar-refractivity contribution in [2.24, 2.45) is 11.8 Å². The predicted molar refractivity (Wildman–Crippen MR) is 107 cm³/mol. The van der Waals surface area contributed by atoms with Crippen LogP contribution in [0, 0.1) is 18.8 Å². The maximum Gasteiger partial charge on any atom is 0.422 e. The molecule has 1 N–H and O–H groups in total. The van der Waals surface area contributed by atoms with Crippen LogP contribution >= 0.6 is 11.3 Å². The van der Waals surface area contributed by atoms with Crippen LogP contribution in [0.3, 0.4) is 0 Å². The molecule has 160 valence electrons. The van der Waals surface area contributed by atoms with E-state index in [2.05, 4.69) is 25.3 Å². The van der Waals surface area contributed by atoms with Crippen LogP contribution in [0.15, 0.2) is 24.5 Å². The molecule has 3 aromatic heterocycles. The van der Waals surface area contributed by atoms with Gasteiger partial charge < -0.3 is 15.0 Å². The molecule has 3 atom stereocenters. The molecule has 0 radical (unpaired) electrons. The molecule has 2 fully saturated rings. The Balaban J connectivity index is 1.31. The average molecular weight is 438 g/mol. The van der Waals surface area contributed by atoms with Gasteiger partial charge in [-0.15, -0.1) is 16.4 Å². The molecule has 7 nitrogen and oxygen atoms in total. The second kappa shape index (κ2) is 7.29. The van der Waals surface area contributed by atoms with Crippen LogP contribution in [-0.2, 0) is 0 Å². The van der Waals surface area contributed by atoms with Crippen molar-refractivity contribution in [1.29, 1.82) is 0 Å². The molecule has 0 amide bonds. The quantitative estimate of drug-likeness (QED) is 0.654. The first-order valence-corrected chi connectivity index (χ1v) is 10.7. The number of aryl methyl sites for hydroxylation is 1. The van der Waals surface area contributed by atoms with Crippen molar-refractivity contribution in [3.8, 4) is 5.75 Å². The zero-order valence-electron chi connectivity index (χ0n) is 16.3. The third-order valence-corrected chi connectivity index (χ3v) is 6.74. The maximum atomic E-state index is 12.5. The van der Waals surface area contributed by atoms with Crippen LogP contribution in [0.25, 0.3) is 5.65 Å². The van der Waals surface area contributed by atoms with Crippen molar-refractivity contribution in [2.45, 2.75) is 32.0 Å². The first kappa shape index (κ1) is 19.4. The normalized spacial score (nSPS) is 23.9. The van der Waals surface area contributed by atoms with Crippen molar-refractivity contribution in [3.63, 3.8) is 0 Å². The third-order valence-electron chi connectivity index (χ3n) is 5.77. The molecule has 5 rings (SSSR count). The molecular formula is C19H21F3N6OS. The highest BCUT2D eigenvalue weighted by molar-refractivity contribution is 7.15. The van der Waals surface area contributed by atoms with Gasteiger partial charge in [-0.05, 0) is 43.7 Å². The fourth-order valence-corrected chi connectivity index (χ4v) is 5.29. The van der Waals surface area contributed by atoms with Crippen LogP contribution in [-0.4, -0.2) is 51.5 Å². The minimum Gasteiger partial charge on any atom is -0.480 e. The number of ether oxygens (including phenoxy) is 1. The summed E-state index contributed by atoms with van der Waals surface area (Å²) in [6.45, 7) is 2.55. The lowest BCUT2D eigenvalue weighted by molar-refractivity contribution is -0.153. The topological polar surface area (TPSA) is 67.6 Å². The Morgan fingerprint density at radius 3 is 2.70 bits per heavy atom. The van der Waals surface area contributed by atoms with Crippen LogP contribution in [0.4, 0.5) is 24.1 Å².